The predicted molar refractivity (Wildman–Crippen MR) is 18.4 cm³/mol. The standard InChI is InChI=1S/C2H4O8/c1-3-4-2-6-8-10-9-7-5-1/h1-2H2. The van der Waals surface area contributed by atoms with Crippen LogP contribution in [-0.4, -0.2) is 13.6 Å². The highest BCUT2D eigenvalue weighted by Crippen LogP contribution is 1.91. The first-order valence-corrected chi connectivity index (χ1v) is 2.15. The molecule has 0 atom stereocenters. The first-order valence-electron chi connectivity index (χ1n) is 2.15. The van der Waals surface area contributed by atoms with Gasteiger partial charge in [-0.3, -0.25) is 0 Å². The van der Waals surface area contributed by atoms with Crippen LogP contribution in [0.15, 0.2) is 0 Å². The summed E-state index contributed by atoms with van der Waals surface area (Å²) >= 11 is 0. The van der Waals surface area contributed by atoms with E-state index in [0.717, 1.165) is 0 Å². The molecular weight excluding hydrogens is 152 g/mol. The van der Waals surface area contributed by atoms with Gasteiger partial charge in [-0.05, 0) is 20.2 Å². The monoisotopic (exact) mass is 156 g/mol. The van der Waals surface area contributed by atoms with Crippen LogP contribution in [0.3, 0.4) is 0 Å². The number of hydrogen-bond donors (Lipinski definition) is 0. The molecule has 1 aliphatic heterocycles. The summed E-state index contributed by atoms with van der Waals surface area (Å²) in [4.78, 5) is 16.6. The fourth-order valence-electron chi connectivity index (χ4n) is 0.209. The Morgan fingerprint density at radius 2 is 1.00 bits per heavy atom. The van der Waals surface area contributed by atoms with Crippen molar-refractivity contribution in [3.05, 3.63) is 0 Å². The second-order valence-corrected chi connectivity index (χ2v) is 0.979. The van der Waals surface area contributed by atoms with Gasteiger partial charge in [0.25, 0.3) is 0 Å². The molecule has 0 unspecified atom stereocenters. The van der Waals surface area contributed by atoms with Gasteiger partial charge in [-0.15, -0.1) is 0 Å². The van der Waals surface area contributed by atoms with E-state index in [9.17, 15) is 0 Å². The fourth-order valence-corrected chi connectivity index (χ4v) is 0.209. The van der Waals surface area contributed by atoms with Gasteiger partial charge in [-0.25, -0.2) is 9.78 Å². The Labute approximate surface area is 54.6 Å². The molecule has 1 fully saturated rings. The van der Waals surface area contributed by atoms with Crippen molar-refractivity contribution in [2.45, 2.75) is 0 Å². The minimum absolute atomic E-state index is 0.285. The third-order valence-corrected chi connectivity index (χ3v) is 0.455. The fraction of sp³-hybridized carbons (Fsp3) is 1.00. The first-order chi connectivity index (χ1) is 5.00. The number of rotatable bonds is 0. The molecule has 8 nitrogen and oxygen atoms in total. The molecule has 0 aromatic carbocycles. The van der Waals surface area contributed by atoms with E-state index in [4.69, 9.17) is 0 Å². The Hall–Kier alpha value is -0.320. The predicted octanol–water partition coefficient (Wildman–Crippen LogP) is -0.462. The van der Waals surface area contributed by atoms with E-state index in [1.807, 2.05) is 0 Å². The summed E-state index contributed by atoms with van der Waals surface area (Å²) in [6, 6.07) is 0. The van der Waals surface area contributed by atoms with E-state index in [1.54, 1.807) is 0 Å². The molecule has 0 bridgehead atoms. The van der Waals surface area contributed by atoms with Crippen LogP contribution in [0.4, 0.5) is 0 Å². The lowest BCUT2D eigenvalue weighted by atomic mass is 11.5. The van der Waals surface area contributed by atoms with Crippen LogP contribution < -0.4 is 0 Å². The van der Waals surface area contributed by atoms with E-state index < -0.39 is 0 Å². The van der Waals surface area contributed by atoms with E-state index >= 15 is 0 Å². The Morgan fingerprint density at radius 1 is 0.500 bits per heavy atom. The average molecular weight is 156 g/mol. The largest absolute Gasteiger partial charge is 0.218 e. The second-order valence-electron chi connectivity index (χ2n) is 0.979. The van der Waals surface area contributed by atoms with E-state index in [-0.39, 0.29) is 13.6 Å². The minimum Gasteiger partial charge on any atom is -0.202 e. The summed E-state index contributed by atoms with van der Waals surface area (Å²) in [5.74, 6) is 0. The lowest BCUT2D eigenvalue weighted by Crippen LogP contribution is -2.10. The smallest absolute Gasteiger partial charge is 0.202 e. The number of hydrogen-bond acceptors (Lipinski definition) is 8. The van der Waals surface area contributed by atoms with Crippen LogP contribution in [0.2, 0.25) is 0 Å². The molecule has 0 aromatic heterocycles. The molecule has 0 aliphatic carbocycles. The van der Waals surface area contributed by atoms with Crippen LogP contribution >= 0.6 is 0 Å². The van der Waals surface area contributed by atoms with Crippen LogP contribution in [-0.2, 0) is 39.7 Å². The summed E-state index contributed by atoms with van der Waals surface area (Å²) in [5.41, 5.74) is 0. The maximum atomic E-state index is 4.22. The van der Waals surface area contributed by atoms with Gasteiger partial charge in [-0.1, -0.05) is 0 Å². The zero-order valence-corrected chi connectivity index (χ0v) is 4.68. The highest BCUT2D eigenvalue weighted by atomic mass is 17.8. The molecule has 60 valence electrons. The van der Waals surface area contributed by atoms with Crippen molar-refractivity contribution < 1.29 is 39.7 Å². The van der Waals surface area contributed by atoms with Crippen molar-refractivity contribution >= 4 is 0 Å². The Kier molecular flexibility index (Phi) is 4.25. The normalized spacial score (nSPS) is 24.0. The molecular formula is C2H4O8. The molecule has 0 saturated carbocycles. The Balaban J connectivity index is 2.00. The van der Waals surface area contributed by atoms with E-state index in [1.165, 1.54) is 0 Å². The minimum atomic E-state index is -0.285. The molecule has 1 aliphatic rings. The van der Waals surface area contributed by atoms with E-state index in [2.05, 4.69) is 39.7 Å². The quantitative estimate of drug-likeness (QED) is 0.436. The molecule has 0 aromatic rings. The van der Waals surface area contributed by atoms with Gasteiger partial charge in [0.15, 0.2) is 0 Å². The molecule has 0 amide bonds. The van der Waals surface area contributed by atoms with Crippen LogP contribution in [0.5, 0.6) is 0 Å². The molecule has 1 rings (SSSR count). The lowest BCUT2D eigenvalue weighted by Gasteiger charge is -2.04. The van der Waals surface area contributed by atoms with Crippen LogP contribution in [0.1, 0.15) is 0 Å². The maximum absolute atomic E-state index is 4.22. The van der Waals surface area contributed by atoms with Crippen LogP contribution in [0, 0.1) is 0 Å². The summed E-state index contributed by atoms with van der Waals surface area (Å²) in [7, 11) is 0. The molecule has 0 spiro atoms. The summed E-state index contributed by atoms with van der Waals surface area (Å²) in [5, 5.41) is 15.0. The molecule has 1 heterocycles. The van der Waals surface area contributed by atoms with Crippen molar-refractivity contribution in [3.8, 4) is 0 Å². The Morgan fingerprint density at radius 3 is 1.50 bits per heavy atom. The maximum Gasteiger partial charge on any atom is 0.218 e. The van der Waals surface area contributed by atoms with Gasteiger partial charge < -0.3 is 0 Å². The molecule has 0 radical (unpaired) electrons. The first kappa shape index (κ1) is 7.78. The average Bonchev–Trinajstić information content (AvgIpc) is 2.01. The van der Waals surface area contributed by atoms with Crippen molar-refractivity contribution in [3.63, 3.8) is 0 Å². The molecule has 1 saturated heterocycles. The van der Waals surface area contributed by atoms with Gasteiger partial charge in [-0.2, -0.15) is 9.78 Å². The van der Waals surface area contributed by atoms with Crippen LogP contribution in [0.25, 0.3) is 0 Å². The van der Waals surface area contributed by atoms with E-state index in [0.29, 0.717) is 0 Å². The SMILES string of the molecule is C1OOCOOOOOO1. The highest BCUT2D eigenvalue weighted by Gasteiger charge is 1.98. The van der Waals surface area contributed by atoms with Gasteiger partial charge >= 0.3 is 0 Å². The zero-order chi connectivity index (χ0) is 7.07. The second kappa shape index (κ2) is 5.46. The Bertz CT molecular complexity index is 40.4. The summed E-state index contributed by atoms with van der Waals surface area (Å²) < 4.78 is 0. The van der Waals surface area contributed by atoms with Gasteiger partial charge in [0.2, 0.25) is 13.6 Å². The molecule has 0 N–H and O–H groups in total. The van der Waals surface area contributed by atoms with Gasteiger partial charge in [0.05, 0.1) is 0 Å². The summed E-state index contributed by atoms with van der Waals surface area (Å²) in [6.07, 6.45) is 0. The van der Waals surface area contributed by atoms with Gasteiger partial charge in [0, 0.05) is 0 Å². The van der Waals surface area contributed by atoms with Crippen molar-refractivity contribution in [2.75, 3.05) is 13.6 Å². The van der Waals surface area contributed by atoms with Gasteiger partial charge in [0.1, 0.15) is 0 Å². The highest BCUT2D eigenvalue weighted by molar-refractivity contribution is 3.79. The zero-order valence-electron chi connectivity index (χ0n) is 4.68. The summed E-state index contributed by atoms with van der Waals surface area (Å²) in [6.45, 7) is -0.570. The lowest BCUT2D eigenvalue weighted by molar-refractivity contribution is -0.774. The third kappa shape index (κ3) is 3.66. The molecule has 10 heavy (non-hydrogen) atoms. The van der Waals surface area contributed by atoms with Crippen molar-refractivity contribution in [1.82, 2.24) is 0 Å². The van der Waals surface area contributed by atoms with Crippen molar-refractivity contribution in [1.29, 1.82) is 0 Å². The third-order valence-electron chi connectivity index (χ3n) is 0.455. The molecule has 8 heteroatoms. The topological polar surface area (TPSA) is 73.8 Å². The van der Waals surface area contributed by atoms with Crippen molar-refractivity contribution in [2.24, 2.45) is 0 Å².